The van der Waals surface area contributed by atoms with Gasteiger partial charge in [-0.05, 0) is 46.0 Å². The van der Waals surface area contributed by atoms with Crippen LogP contribution in [0.15, 0.2) is 36.1 Å². The number of allylic oxidation sites excluding steroid dienone is 3. The number of hydrazine groups is 1. The maximum Gasteiger partial charge on any atom is 0.249 e. The number of halogens is 1. The molecule has 204 valence electrons. The summed E-state index contributed by atoms with van der Waals surface area (Å²) in [6, 6.07) is 0.263. The van der Waals surface area contributed by atoms with Crippen molar-refractivity contribution in [2.24, 2.45) is 11.8 Å². The van der Waals surface area contributed by atoms with Gasteiger partial charge in [0.05, 0.1) is 42.2 Å². The summed E-state index contributed by atoms with van der Waals surface area (Å²) in [5.74, 6) is -0.791. The fourth-order valence-corrected chi connectivity index (χ4v) is 4.79. The van der Waals surface area contributed by atoms with Gasteiger partial charge in [0, 0.05) is 18.2 Å². The molecule has 0 aliphatic carbocycles. The molecule has 2 fully saturated rings. The molecule has 10 heteroatoms. The lowest BCUT2D eigenvalue weighted by atomic mass is 9.87. The number of hydrogen-bond acceptors (Lipinski definition) is 7. The molecule has 2 heterocycles. The molecule has 2 aliphatic rings. The van der Waals surface area contributed by atoms with E-state index in [1.54, 1.807) is 6.08 Å². The Morgan fingerprint density at radius 1 is 1.14 bits per heavy atom. The summed E-state index contributed by atoms with van der Waals surface area (Å²) in [6.45, 7) is 12.0. The zero-order valence-electron chi connectivity index (χ0n) is 21.7. The molecule has 6 unspecified atom stereocenters. The van der Waals surface area contributed by atoms with Crippen molar-refractivity contribution < 1.29 is 29.3 Å². The van der Waals surface area contributed by atoms with E-state index in [9.17, 15) is 19.8 Å². The molecule has 2 saturated heterocycles. The lowest BCUT2D eigenvalue weighted by molar-refractivity contribution is -0.147. The summed E-state index contributed by atoms with van der Waals surface area (Å²) in [6.07, 6.45) is 6.09. The third-order valence-corrected chi connectivity index (χ3v) is 7.22. The van der Waals surface area contributed by atoms with Crippen LogP contribution in [0.4, 0.5) is 0 Å². The van der Waals surface area contributed by atoms with Crippen LogP contribution in [-0.2, 0) is 19.1 Å². The van der Waals surface area contributed by atoms with Crippen molar-refractivity contribution in [2.45, 2.75) is 89.9 Å². The largest absolute Gasteiger partial charge is 0.396 e. The van der Waals surface area contributed by atoms with Crippen LogP contribution >= 0.6 is 15.9 Å². The number of aliphatic hydroxyl groups is 2. The van der Waals surface area contributed by atoms with Crippen LogP contribution in [0.25, 0.3) is 0 Å². The summed E-state index contributed by atoms with van der Waals surface area (Å²) < 4.78 is 12.2. The van der Waals surface area contributed by atoms with Crippen molar-refractivity contribution in [3.63, 3.8) is 0 Å². The van der Waals surface area contributed by atoms with E-state index in [1.165, 1.54) is 0 Å². The molecule has 9 nitrogen and oxygen atoms in total. The minimum atomic E-state index is -0.883. The highest BCUT2D eigenvalue weighted by atomic mass is 79.9. The van der Waals surface area contributed by atoms with Gasteiger partial charge in [-0.25, -0.2) is 0 Å². The number of hydrogen-bond donors (Lipinski definition) is 5. The Morgan fingerprint density at radius 2 is 1.83 bits per heavy atom. The number of carbonyl (C=O) groups is 2. The van der Waals surface area contributed by atoms with E-state index in [4.69, 9.17) is 9.47 Å². The number of aliphatic hydroxyl groups excluding tert-OH is 2. The summed E-state index contributed by atoms with van der Waals surface area (Å²) in [5.41, 5.74) is 6.58. The van der Waals surface area contributed by atoms with Crippen LogP contribution in [0.5, 0.6) is 0 Å². The summed E-state index contributed by atoms with van der Waals surface area (Å²) in [5, 5.41) is 23.8. The van der Waals surface area contributed by atoms with E-state index in [2.05, 4.69) is 58.6 Å². The zero-order chi connectivity index (χ0) is 26.8. The van der Waals surface area contributed by atoms with Crippen molar-refractivity contribution in [1.82, 2.24) is 16.2 Å². The van der Waals surface area contributed by atoms with Gasteiger partial charge < -0.3 is 25.0 Å². The Balaban J connectivity index is 1.93. The van der Waals surface area contributed by atoms with Crippen molar-refractivity contribution in [3.05, 3.63) is 36.1 Å². The lowest BCUT2D eigenvalue weighted by Crippen LogP contribution is -2.48. The molecule has 0 aromatic heterocycles. The second kappa shape index (κ2) is 14.9. The van der Waals surface area contributed by atoms with Gasteiger partial charge in [-0.3, -0.25) is 20.4 Å². The molecule has 5 N–H and O–H groups in total. The van der Waals surface area contributed by atoms with Crippen molar-refractivity contribution in [1.29, 1.82) is 0 Å². The van der Waals surface area contributed by atoms with Gasteiger partial charge in [0.15, 0.2) is 0 Å². The zero-order valence-corrected chi connectivity index (χ0v) is 23.3. The minimum absolute atomic E-state index is 0.00126. The van der Waals surface area contributed by atoms with Gasteiger partial charge in [-0.15, -0.1) is 0 Å². The molecular weight excluding hydrogens is 530 g/mol. The third-order valence-electron chi connectivity index (χ3n) is 6.71. The van der Waals surface area contributed by atoms with E-state index in [0.717, 1.165) is 24.1 Å². The number of carbonyl (C=O) groups excluding carboxylic acids is 2. The topological polar surface area (TPSA) is 129 Å². The maximum absolute atomic E-state index is 12.1. The fraction of sp³-hybridized carbons (Fsp3) is 0.692. The van der Waals surface area contributed by atoms with E-state index in [0.29, 0.717) is 12.3 Å². The molecule has 0 aromatic carbocycles. The van der Waals surface area contributed by atoms with E-state index < -0.39 is 30.1 Å². The Kier molecular flexibility index (Phi) is 12.6. The molecule has 36 heavy (non-hydrogen) atoms. The molecule has 2 aliphatic heterocycles. The summed E-state index contributed by atoms with van der Waals surface area (Å²) in [4.78, 5) is 23.4. The van der Waals surface area contributed by atoms with E-state index in [-0.39, 0.29) is 42.5 Å². The molecule has 0 bridgehead atoms. The highest BCUT2D eigenvalue weighted by molar-refractivity contribution is 9.09. The second-order valence-electron chi connectivity index (χ2n) is 9.99. The highest BCUT2D eigenvalue weighted by Crippen LogP contribution is 2.30. The Labute approximate surface area is 222 Å². The monoisotopic (exact) mass is 571 g/mol. The molecule has 2 amide bonds. The van der Waals surface area contributed by atoms with Crippen LogP contribution < -0.4 is 16.2 Å². The molecule has 0 saturated carbocycles. The van der Waals surface area contributed by atoms with Crippen LogP contribution in [0.2, 0.25) is 0 Å². The first-order chi connectivity index (χ1) is 17.0. The number of rotatable bonds is 10. The number of nitrogens with one attached hydrogen (secondary N) is 3. The molecule has 0 aromatic rings. The first-order valence-electron chi connectivity index (χ1n) is 12.5. The van der Waals surface area contributed by atoms with E-state index >= 15 is 0 Å². The van der Waals surface area contributed by atoms with Crippen molar-refractivity contribution in [3.8, 4) is 0 Å². The number of alkyl halides is 1. The standard InChI is InChI=1S/C26H42BrN3O6/c1-15(2)28-21-10-17(4)22(35-18(21)5)8-6-16(3)7-9-23-26(34)19(14-31)11-20(36-23)12-24(32)29-30-25(33)13-27/h6-7,9,17-23,26,28,31,34H,1,8,10-14H2,2-5H3,(H,29,32)(H,30,33)/b9-7+,16-6+/t17?,18?,19?,20-,21?,22?,23?,26-/m0/s1. The third kappa shape index (κ3) is 9.63. The SMILES string of the molecule is C=C(C)NC1CC(C)C(C/C=C(C)/C=C/C2O[C@H](CC(=O)NNC(=O)CBr)CC(CO)[C@@H]2O)OC1C. The number of amides is 2. The predicted molar refractivity (Wildman–Crippen MR) is 142 cm³/mol. The van der Waals surface area contributed by atoms with Crippen molar-refractivity contribution in [2.75, 3.05) is 11.9 Å². The highest BCUT2D eigenvalue weighted by Gasteiger charge is 2.37. The van der Waals surface area contributed by atoms with Gasteiger partial charge in [-0.2, -0.15) is 0 Å². The molecule has 8 atom stereocenters. The first-order valence-corrected chi connectivity index (χ1v) is 13.7. The smallest absolute Gasteiger partial charge is 0.249 e. The average molecular weight is 573 g/mol. The average Bonchev–Trinajstić information content (AvgIpc) is 2.83. The van der Waals surface area contributed by atoms with Crippen LogP contribution in [-0.4, -0.2) is 70.5 Å². The van der Waals surface area contributed by atoms with Crippen LogP contribution in [0.1, 0.15) is 53.4 Å². The summed E-state index contributed by atoms with van der Waals surface area (Å²) in [7, 11) is 0. The normalized spacial score (nSPS) is 33.2. The van der Waals surface area contributed by atoms with Gasteiger partial charge >= 0.3 is 0 Å². The Morgan fingerprint density at radius 3 is 2.47 bits per heavy atom. The van der Waals surface area contributed by atoms with Crippen molar-refractivity contribution >= 4 is 27.7 Å². The van der Waals surface area contributed by atoms with Gasteiger partial charge in [-0.1, -0.05) is 53.2 Å². The quantitative estimate of drug-likeness (QED) is 0.154. The van der Waals surface area contributed by atoms with Gasteiger partial charge in [0.1, 0.15) is 6.10 Å². The Hall–Kier alpha value is -1.72. The van der Waals surface area contributed by atoms with Gasteiger partial charge in [0.2, 0.25) is 11.8 Å². The van der Waals surface area contributed by atoms with E-state index in [1.807, 2.05) is 19.9 Å². The molecule has 2 rings (SSSR count). The second-order valence-corrected chi connectivity index (χ2v) is 10.6. The van der Waals surface area contributed by atoms with Gasteiger partial charge in [0.25, 0.3) is 0 Å². The maximum atomic E-state index is 12.1. The fourth-order valence-electron chi connectivity index (χ4n) is 4.65. The first kappa shape index (κ1) is 30.5. The Bertz CT molecular complexity index is 820. The lowest BCUT2D eigenvalue weighted by Gasteiger charge is -2.39. The number of ether oxygens (including phenoxy) is 2. The molecule has 0 radical (unpaired) electrons. The summed E-state index contributed by atoms with van der Waals surface area (Å²) >= 11 is 3.00. The molecule has 0 spiro atoms. The predicted octanol–water partition coefficient (Wildman–Crippen LogP) is 2.24. The van der Waals surface area contributed by atoms with Crippen LogP contribution in [0.3, 0.4) is 0 Å². The molecular formula is C26H42BrN3O6. The minimum Gasteiger partial charge on any atom is -0.396 e. The van der Waals surface area contributed by atoms with Crippen LogP contribution in [0, 0.1) is 11.8 Å².